The van der Waals surface area contributed by atoms with Crippen LogP contribution in [0.5, 0.6) is 0 Å². The molecule has 1 saturated heterocycles. The maximum atomic E-state index is 5.55. The molecule has 0 spiro atoms. The lowest BCUT2D eigenvalue weighted by Gasteiger charge is -2.36. The monoisotopic (exact) mass is 326 g/mol. The molecule has 1 aliphatic heterocycles. The predicted molar refractivity (Wildman–Crippen MR) is 99.7 cm³/mol. The lowest BCUT2D eigenvalue weighted by atomic mass is 10.1. The van der Waals surface area contributed by atoms with Gasteiger partial charge in [0.1, 0.15) is 0 Å². The number of para-hydroxylation sites is 1. The van der Waals surface area contributed by atoms with Gasteiger partial charge in [-0.3, -0.25) is 4.90 Å². The zero-order valence-corrected chi connectivity index (χ0v) is 14.4. The molecule has 1 unspecified atom stereocenters. The average molecular weight is 326 g/mol. The molecular formula is C19H24N3S+. The summed E-state index contributed by atoms with van der Waals surface area (Å²) in [5.74, 6) is 0. The van der Waals surface area contributed by atoms with Crippen molar-refractivity contribution >= 4 is 23.0 Å². The number of aryl methyl sites for hydroxylation is 1. The SMILES string of the molecule is CCc1ccccc1N1C[NH+](CCc2ccccc2)CNC1=S. The van der Waals surface area contributed by atoms with Crippen molar-refractivity contribution < 1.29 is 4.90 Å². The van der Waals surface area contributed by atoms with E-state index in [1.165, 1.54) is 21.7 Å². The maximum absolute atomic E-state index is 5.55. The van der Waals surface area contributed by atoms with Crippen LogP contribution in [0.2, 0.25) is 0 Å². The van der Waals surface area contributed by atoms with Crippen molar-refractivity contribution in [3.8, 4) is 0 Å². The highest BCUT2D eigenvalue weighted by Crippen LogP contribution is 2.20. The van der Waals surface area contributed by atoms with Gasteiger partial charge >= 0.3 is 0 Å². The molecule has 3 nitrogen and oxygen atoms in total. The molecule has 0 aliphatic carbocycles. The molecule has 0 aromatic heterocycles. The second kappa shape index (κ2) is 7.57. The second-order valence-corrected chi connectivity index (χ2v) is 6.35. The summed E-state index contributed by atoms with van der Waals surface area (Å²) >= 11 is 5.55. The number of hydrogen-bond donors (Lipinski definition) is 2. The van der Waals surface area contributed by atoms with Gasteiger partial charge in [-0.1, -0.05) is 55.5 Å². The van der Waals surface area contributed by atoms with E-state index in [-0.39, 0.29) is 0 Å². The molecule has 23 heavy (non-hydrogen) atoms. The lowest BCUT2D eigenvalue weighted by Crippen LogP contribution is -3.17. The van der Waals surface area contributed by atoms with Crippen molar-refractivity contribution in [1.82, 2.24) is 5.32 Å². The first kappa shape index (κ1) is 16.0. The van der Waals surface area contributed by atoms with Gasteiger partial charge in [0.25, 0.3) is 0 Å². The Morgan fingerprint density at radius 3 is 2.61 bits per heavy atom. The summed E-state index contributed by atoms with van der Waals surface area (Å²) < 4.78 is 0. The predicted octanol–water partition coefficient (Wildman–Crippen LogP) is 1.99. The van der Waals surface area contributed by atoms with Gasteiger partial charge in [-0.2, -0.15) is 0 Å². The zero-order valence-electron chi connectivity index (χ0n) is 13.6. The molecule has 1 aliphatic rings. The Balaban J connectivity index is 1.68. The van der Waals surface area contributed by atoms with Crippen LogP contribution < -0.4 is 15.1 Å². The van der Waals surface area contributed by atoms with Gasteiger partial charge in [-0.25, -0.2) is 0 Å². The topological polar surface area (TPSA) is 19.7 Å². The summed E-state index contributed by atoms with van der Waals surface area (Å²) in [6.07, 6.45) is 2.11. The smallest absolute Gasteiger partial charge is 0.182 e. The molecule has 1 heterocycles. The molecule has 0 amide bonds. The largest absolute Gasteiger partial charge is 0.315 e. The summed E-state index contributed by atoms with van der Waals surface area (Å²) in [6.45, 7) is 5.12. The minimum absolute atomic E-state index is 0.842. The van der Waals surface area contributed by atoms with Crippen molar-refractivity contribution in [3.63, 3.8) is 0 Å². The number of quaternary nitrogens is 1. The van der Waals surface area contributed by atoms with Crippen LogP contribution in [0.3, 0.4) is 0 Å². The van der Waals surface area contributed by atoms with Crippen LogP contribution >= 0.6 is 12.2 Å². The Kier molecular flexibility index (Phi) is 5.26. The first-order valence-corrected chi connectivity index (χ1v) is 8.69. The first-order chi connectivity index (χ1) is 11.3. The van der Waals surface area contributed by atoms with Crippen LogP contribution in [-0.2, 0) is 12.8 Å². The van der Waals surface area contributed by atoms with Gasteiger partial charge in [0.05, 0.1) is 12.2 Å². The number of benzene rings is 2. The standard InChI is InChI=1S/C19H23N3S/c1-2-17-10-6-7-11-18(17)22-15-21(14-20-19(22)23)13-12-16-8-4-3-5-9-16/h3-11H,2,12-15H2,1H3,(H,20,23)/p+1. The van der Waals surface area contributed by atoms with Gasteiger partial charge in [0.2, 0.25) is 0 Å². The Bertz CT molecular complexity index is 657. The fraction of sp³-hybridized carbons (Fsp3) is 0.316. The molecule has 2 N–H and O–H groups in total. The van der Waals surface area contributed by atoms with Crippen molar-refractivity contribution in [2.45, 2.75) is 19.8 Å². The van der Waals surface area contributed by atoms with Crippen LogP contribution in [0.4, 0.5) is 5.69 Å². The molecule has 0 radical (unpaired) electrons. The van der Waals surface area contributed by atoms with E-state index in [4.69, 9.17) is 12.2 Å². The van der Waals surface area contributed by atoms with Crippen molar-refractivity contribution in [2.75, 3.05) is 24.8 Å². The molecule has 4 heteroatoms. The van der Waals surface area contributed by atoms with Crippen LogP contribution in [0.1, 0.15) is 18.1 Å². The van der Waals surface area contributed by atoms with Crippen molar-refractivity contribution in [2.24, 2.45) is 0 Å². The van der Waals surface area contributed by atoms with Gasteiger partial charge < -0.3 is 10.2 Å². The van der Waals surface area contributed by atoms with Gasteiger partial charge in [0.15, 0.2) is 18.4 Å². The zero-order chi connectivity index (χ0) is 16.1. The minimum atomic E-state index is 0.842. The normalized spacial score (nSPS) is 17.9. The first-order valence-electron chi connectivity index (χ1n) is 8.28. The van der Waals surface area contributed by atoms with Gasteiger partial charge in [0, 0.05) is 6.42 Å². The summed E-state index contributed by atoms with van der Waals surface area (Å²) in [6, 6.07) is 19.2. The van der Waals surface area contributed by atoms with Crippen LogP contribution in [0.15, 0.2) is 54.6 Å². The average Bonchev–Trinajstić information content (AvgIpc) is 2.62. The van der Waals surface area contributed by atoms with E-state index in [1.807, 2.05) is 0 Å². The number of nitrogens with zero attached hydrogens (tertiary/aromatic N) is 1. The molecule has 120 valence electrons. The molecule has 0 bridgehead atoms. The summed E-state index contributed by atoms with van der Waals surface area (Å²) in [5, 5.41) is 4.23. The highest BCUT2D eigenvalue weighted by molar-refractivity contribution is 7.80. The summed E-state index contributed by atoms with van der Waals surface area (Å²) in [7, 11) is 0. The van der Waals surface area contributed by atoms with E-state index in [1.54, 1.807) is 0 Å². The second-order valence-electron chi connectivity index (χ2n) is 5.96. The highest BCUT2D eigenvalue weighted by atomic mass is 32.1. The van der Waals surface area contributed by atoms with E-state index in [0.717, 1.165) is 37.8 Å². The van der Waals surface area contributed by atoms with Crippen molar-refractivity contribution in [3.05, 3.63) is 65.7 Å². The van der Waals surface area contributed by atoms with Crippen LogP contribution in [0, 0.1) is 0 Å². The summed E-state index contributed by atoms with van der Waals surface area (Å²) in [5.41, 5.74) is 3.99. The number of anilines is 1. The number of thiocarbonyl (C=S) groups is 1. The fourth-order valence-corrected chi connectivity index (χ4v) is 3.28. The Morgan fingerprint density at radius 1 is 1.09 bits per heavy atom. The van der Waals surface area contributed by atoms with Crippen LogP contribution in [-0.4, -0.2) is 25.0 Å². The Labute approximate surface area is 143 Å². The molecular weight excluding hydrogens is 302 g/mol. The highest BCUT2D eigenvalue weighted by Gasteiger charge is 2.25. The third-order valence-corrected chi connectivity index (χ3v) is 4.75. The minimum Gasteiger partial charge on any atom is -0.315 e. The van der Waals surface area contributed by atoms with E-state index < -0.39 is 0 Å². The van der Waals surface area contributed by atoms with Crippen molar-refractivity contribution in [1.29, 1.82) is 0 Å². The number of hydrogen-bond acceptors (Lipinski definition) is 1. The molecule has 1 fully saturated rings. The lowest BCUT2D eigenvalue weighted by molar-refractivity contribution is -0.902. The molecule has 3 rings (SSSR count). The molecule has 1 atom stereocenters. The van der Waals surface area contributed by atoms with Crippen LogP contribution in [0.25, 0.3) is 0 Å². The fourth-order valence-electron chi connectivity index (χ4n) is 3.05. The van der Waals surface area contributed by atoms with Gasteiger partial charge in [-0.15, -0.1) is 0 Å². The molecule has 0 saturated carbocycles. The Hall–Kier alpha value is -1.91. The molecule has 2 aromatic carbocycles. The third-order valence-electron chi connectivity index (χ3n) is 4.39. The van der Waals surface area contributed by atoms with E-state index in [9.17, 15) is 0 Å². The van der Waals surface area contributed by atoms with E-state index >= 15 is 0 Å². The maximum Gasteiger partial charge on any atom is 0.182 e. The quantitative estimate of drug-likeness (QED) is 0.820. The van der Waals surface area contributed by atoms with E-state index in [0.29, 0.717) is 0 Å². The van der Waals surface area contributed by atoms with Gasteiger partial charge in [-0.05, 0) is 35.8 Å². The Morgan fingerprint density at radius 2 is 1.83 bits per heavy atom. The summed E-state index contributed by atoms with van der Waals surface area (Å²) in [4.78, 5) is 3.76. The molecule has 2 aromatic rings. The van der Waals surface area contributed by atoms with E-state index in [2.05, 4.69) is 71.7 Å². The third kappa shape index (κ3) is 3.89. The number of rotatable bonds is 5. The number of nitrogens with one attached hydrogen (secondary N) is 2.